The first kappa shape index (κ1) is 12.4. The predicted octanol–water partition coefficient (Wildman–Crippen LogP) is 1.13. The second kappa shape index (κ2) is 4.44. The molecule has 0 N–H and O–H groups in total. The average Bonchev–Trinajstić information content (AvgIpc) is 2.26. The van der Waals surface area contributed by atoms with Gasteiger partial charge >= 0.3 is 6.18 Å². The SMILES string of the molecule is CON(C)C(=O)c1cncnc1C(F)(F)F. The van der Waals surface area contributed by atoms with Gasteiger partial charge in [0.15, 0.2) is 5.69 Å². The highest BCUT2D eigenvalue weighted by atomic mass is 19.4. The Labute approximate surface area is 88.8 Å². The van der Waals surface area contributed by atoms with Crippen molar-refractivity contribution in [2.24, 2.45) is 0 Å². The Morgan fingerprint density at radius 2 is 2.12 bits per heavy atom. The van der Waals surface area contributed by atoms with E-state index in [0.29, 0.717) is 5.06 Å². The lowest BCUT2D eigenvalue weighted by atomic mass is 10.2. The zero-order valence-corrected chi connectivity index (χ0v) is 8.45. The summed E-state index contributed by atoms with van der Waals surface area (Å²) in [5.74, 6) is -0.963. The number of hydrogen-bond acceptors (Lipinski definition) is 4. The lowest BCUT2D eigenvalue weighted by Crippen LogP contribution is -2.28. The number of carbonyl (C=O) groups excluding carboxylic acids is 1. The van der Waals surface area contributed by atoms with E-state index in [2.05, 4.69) is 14.8 Å². The molecule has 0 bridgehead atoms. The molecule has 0 aromatic carbocycles. The third-order valence-electron chi connectivity index (χ3n) is 1.77. The van der Waals surface area contributed by atoms with Gasteiger partial charge in [-0.2, -0.15) is 13.2 Å². The Hall–Kier alpha value is -1.70. The van der Waals surface area contributed by atoms with Crippen molar-refractivity contribution in [3.05, 3.63) is 23.8 Å². The fourth-order valence-corrected chi connectivity index (χ4v) is 0.965. The highest BCUT2D eigenvalue weighted by Gasteiger charge is 2.38. The minimum absolute atomic E-state index is 0.653. The number of carbonyl (C=O) groups is 1. The largest absolute Gasteiger partial charge is 0.434 e. The molecular formula is C8H8F3N3O2. The van der Waals surface area contributed by atoms with Crippen LogP contribution < -0.4 is 0 Å². The van der Waals surface area contributed by atoms with Crippen molar-refractivity contribution in [3.63, 3.8) is 0 Å². The summed E-state index contributed by atoms with van der Waals surface area (Å²) >= 11 is 0. The van der Waals surface area contributed by atoms with E-state index in [4.69, 9.17) is 0 Å². The number of halogens is 3. The minimum atomic E-state index is -4.71. The van der Waals surface area contributed by atoms with Gasteiger partial charge in [-0.1, -0.05) is 0 Å². The topological polar surface area (TPSA) is 55.3 Å². The Morgan fingerprint density at radius 1 is 1.50 bits per heavy atom. The molecule has 0 aliphatic rings. The summed E-state index contributed by atoms with van der Waals surface area (Å²) < 4.78 is 37.4. The summed E-state index contributed by atoms with van der Waals surface area (Å²) in [6, 6.07) is 0. The molecule has 1 aromatic heterocycles. The average molecular weight is 235 g/mol. The Morgan fingerprint density at radius 3 is 2.62 bits per heavy atom. The molecule has 88 valence electrons. The summed E-state index contributed by atoms with van der Waals surface area (Å²) in [4.78, 5) is 22.4. The maximum Gasteiger partial charge on any atom is 0.434 e. The molecule has 0 atom stereocenters. The molecule has 0 spiro atoms. The lowest BCUT2D eigenvalue weighted by Gasteiger charge is -2.15. The first-order valence-electron chi connectivity index (χ1n) is 4.07. The lowest BCUT2D eigenvalue weighted by molar-refractivity contribution is -0.142. The number of hydrogen-bond donors (Lipinski definition) is 0. The zero-order valence-electron chi connectivity index (χ0n) is 8.45. The van der Waals surface area contributed by atoms with Crippen molar-refractivity contribution in [2.75, 3.05) is 14.2 Å². The molecule has 1 rings (SSSR count). The summed E-state index contributed by atoms with van der Waals surface area (Å²) in [6.07, 6.45) is -3.18. The molecule has 5 nitrogen and oxygen atoms in total. The normalized spacial score (nSPS) is 11.3. The van der Waals surface area contributed by atoms with E-state index in [-0.39, 0.29) is 0 Å². The fraction of sp³-hybridized carbons (Fsp3) is 0.375. The van der Waals surface area contributed by atoms with Crippen molar-refractivity contribution in [2.45, 2.75) is 6.18 Å². The first-order valence-corrected chi connectivity index (χ1v) is 4.07. The number of hydroxylamine groups is 2. The van der Waals surface area contributed by atoms with Gasteiger partial charge in [0.2, 0.25) is 0 Å². The van der Waals surface area contributed by atoms with Crippen molar-refractivity contribution < 1.29 is 22.8 Å². The third kappa shape index (κ3) is 2.45. The summed E-state index contributed by atoms with van der Waals surface area (Å²) in [7, 11) is 2.35. The van der Waals surface area contributed by atoms with Crippen molar-refractivity contribution in [1.82, 2.24) is 15.0 Å². The molecule has 0 aliphatic carbocycles. The van der Waals surface area contributed by atoms with Gasteiger partial charge in [-0.05, 0) is 0 Å². The first-order chi connectivity index (χ1) is 7.38. The molecule has 0 saturated heterocycles. The monoisotopic (exact) mass is 235 g/mol. The Kier molecular flexibility index (Phi) is 3.43. The molecule has 1 heterocycles. The minimum Gasteiger partial charge on any atom is -0.274 e. The van der Waals surface area contributed by atoms with Crippen LogP contribution in [0.2, 0.25) is 0 Å². The van der Waals surface area contributed by atoms with Crippen LogP contribution >= 0.6 is 0 Å². The van der Waals surface area contributed by atoms with Gasteiger partial charge in [0.25, 0.3) is 5.91 Å². The van der Waals surface area contributed by atoms with Crippen LogP contribution in [-0.4, -0.2) is 35.1 Å². The molecule has 16 heavy (non-hydrogen) atoms. The smallest absolute Gasteiger partial charge is 0.274 e. The highest BCUT2D eigenvalue weighted by molar-refractivity contribution is 5.94. The molecule has 1 aromatic rings. The summed E-state index contributed by atoms with van der Waals surface area (Å²) in [6.45, 7) is 0. The second-order valence-corrected chi connectivity index (χ2v) is 2.77. The third-order valence-corrected chi connectivity index (χ3v) is 1.77. The fourth-order valence-electron chi connectivity index (χ4n) is 0.965. The van der Waals surface area contributed by atoms with Gasteiger partial charge < -0.3 is 0 Å². The van der Waals surface area contributed by atoms with Crippen LogP contribution in [0.25, 0.3) is 0 Å². The molecular weight excluding hydrogens is 227 g/mol. The van der Waals surface area contributed by atoms with E-state index in [1.807, 2.05) is 0 Å². The van der Waals surface area contributed by atoms with Crippen molar-refractivity contribution in [1.29, 1.82) is 0 Å². The maximum atomic E-state index is 12.5. The van der Waals surface area contributed by atoms with Crippen LogP contribution in [-0.2, 0) is 11.0 Å². The summed E-state index contributed by atoms with van der Waals surface area (Å²) in [5, 5.41) is 0.661. The summed E-state index contributed by atoms with van der Waals surface area (Å²) in [5.41, 5.74) is -1.93. The van der Waals surface area contributed by atoms with Gasteiger partial charge in [0, 0.05) is 13.2 Å². The van der Waals surface area contributed by atoms with Crippen LogP contribution in [0.4, 0.5) is 13.2 Å². The Balaban J connectivity index is 3.19. The van der Waals surface area contributed by atoms with Gasteiger partial charge in [-0.15, -0.1) is 0 Å². The van der Waals surface area contributed by atoms with Gasteiger partial charge in [-0.25, -0.2) is 15.0 Å². The molecule has 0 aliphatic heterocycles. The van der Waals surface area contributed by atoms with Crippen LogP contribution in [0.1, 0.15) is 16.1 Å². The second-order valence-electron chi connectivity index (χ2n) is 2.77. The van der Waals surface area contributed by atoms with E-state index in [0.717, 1.165) is 19.6 Å². The van der Waals surface area contributed by atoms with E-state index >= 15 is 0 Å². The number of alkyl halides is 3. The number of rotatable bonds is 2. The number of nitrogens with zero attached hydrogens (tertiary/aromatic N) is 3. The molecule has 0 saturated carbocycles. The van der Waals surface area contributed by atoms with Crippen molar-refractivity contribution >= 4 is 5.91 Å². The maximum absolute atomic E-state index is 12.5. The van der Waals surface area contributed by atoms with Crippen LogP contribution in [0, 0.1) is 0 Å². The molecule has 1 amide bonds. The standard InChI is InChI=1S/C8H8F3N3O2/c1-14(16-2)7(15)5-3-12-4-13-6(5)8(9,10)11/h3-4H,1-2H3. The molecule has 8 heteroatoms. The van der Waals surface area contributed by atoms with Gasteiger partial charge in [0.05, 0.1) is 12.7 Å². The van der Waals surface area contributed by atoms with E-state index in [1.54, 1.807) is 0 Å². The quantitative estimate of drug-likeness (QED) is 0.721. The van der Waals surface area contributed by atoms with Gasteiger partial charge in [0.1, 0.15) is 6.33 Å². The number of aromatic nitrogens is 2. The molecule has 0 unspecified atom stereocenters. The predicted molar refractivity (Wildman–Crippen MR) is 46.1 cm³/mol. The van der Waals surface area contributed by atoms with Crippen LogP contribution in [0.3, 0.4) is 0 Å². The Bertz CT molecular complexity index is 394. The van der Waals surface area contributed by atoms with E-state index in [1.165, 1.54) is 7.05 Å². The zero-order chi connectivity index (χ0) is 12.3. The van der Waals surface area contributed by atoms with Crippen molar-refractivity contribution in [3.8, 4) is 0 Å². The van der Waals surface area contributed by atoms with Crippen LogP contribution in [0.5, 0.6) is 0 Å². The number of amides is 1. The molecule has 0 fully saturated rings. The van der Waals surface area contributed by atoms with E-state index in [9.17, 15) is 18.0 Å². The van der Waals surface area contributed by atoms with E-state index < -0.39 is 23.3 Å². The highest BCUT2D eigenvalue weighted by Crippen LogP contribution is 2.30. The van der Waals surface area contributed by atoms with Gasteiger partial charge in [-0.3, -0.25) is 9.63 Å². The van der Waals surface area contributed by atoms with Crippen LogP contribution in [0.15, 0.2) is 12.5 Å². The molecule has 0 radical (unpaired) electrons.